The van der Waals surface area contributed by atoms with Crippen LogP contribution in [0.1, 0.15) is 5.56 Å². The summed E-state index contributed by atoms with van der Waals surface area (Å²) < 4.78 is 12.9. The Morgan fingerprint density at radius 2 is 1.90 bits per heavy atom. The van der Waals surface area contributed by atoms with Crippen molar-refractivity contribution < 1.29 is 9.18 Å². The number of nitrogens with one attached hydrogen (secondary N) is 2. The molecule has 0 heterocycles. The Morgan fingerprint density at radius 1 is 1.15 bits per heavy atom. The van der Waals surface area contributed by atoms with Crippen LogP contribution in [0, 0.1) is 5.82 Å². The summed E-state index contributed by atoms with van der Waals surface area (Å²) in [4.78, 5) is 11.6. The van der Waals surface area contributed by atoms with Crippen LogP contribution in [-0.2, 0) is 11.3 Å². The van der Waals surface area contributed by atoms with Gasteiger partial charge in [-0.1, -0.05) is 29.8 Å². The fraction of sp³-hybridized carbons (Fsp3) is 0.133. The van der Waals surface area contributed by atoms with Crippen molar-refractivity contribution in [2.45, 2.75) is 6.54 Å². The lowest BCUT2D eigenvalue weighted by atomic mass is 10.2. The Bertz CT molecular complexity index is 587. The highest BCUT2D eigenvalue weighted by Crippen LogP contribution is 2.09. The van der Waals surface area contributed by atoms with E-state index in [4.69, 9.17) is 11.6 Å². The van der Waals surface area contributed by atoms with E-state index < -0.39 is 0 Å². The van der Waals surface area contributed by atoms with Crippen LogP contribution in [0.2, 0.25) is 5.02 Å². The fourth-order valence-electron chi connectivity index (χ4n) is 1.65. The van der Waals surface area contributed by atoms with E-state index in [0.29, 0.717) is 17.3 Å². The molecule has 2 aromatic rings. The second-order valence-electron chi connectivity index (χ2n) is 4.27. The van der Waals surface area contributed by atoms with E-state index in [1.807, 2.05) is 12.1 Å². The highest BCUT2D eigenvalue weighted by Gasteiger charge is 2.02. The second-order valence-corrected chi connectivity index (χ2v) is 4.70. The van der Waals surface area contributed by atoms with Crippen molar-refractivity contribution in [1.29, 1.82) is 0 Å². The lowest BCUT2D eigenvalue weighted by molar-refractivity contribution is -0.119. The van der Waals surface area contributed by atoms with Gasteiger partial charge in [0.2, 0.25) is 5.91 Å². The molecule has 0 aromatic heterocycles. The molecule has 3 nitrogen and oxygen atoms in total. The number of carbonyl (C=O) groups excluding carboxylic acids is 1. The van der Waals surface area contributed by atoms with Gasteiger partial charge < -0.3 is 10.6 Å². The number of carbonyl (C=O) groups is 1. The molecule has 0 unspecified atom stereocenters. The third kappa shape index (κ3) is 4.55. The minimum atomic E-state index is -0.337. The first-order valence-corrected chi connectivity index (χ1v) is 6.52. The number of hydrogen-bond acceptors (Lipinski definition) is 2. The molecule has 0 saturated carbocycles. The first-order chi connectivity index (χ1) is 9.63. The molecular formula is C15H14ClFN2O. The molecule has 0 aliphatic carbocycles. The van der Waals surface area contributed by atoms with Gasteiger partial charge in [0, 0.05) is 17.3 Å². The molecule has 0 saturated heterocycles. The van der Waals surface area contributed by atoms with Crippen LogP contribution in [-0.4, -0.2) is 12.5 Å². The van der Waals surface area contributed by atoms with E-state index in [1.54, 1.807) is 24.3 Å². The van der Waals surface area contributed by atoms with Gasteiger partial charge in [-0.25, -0.2) is 4.39 Å². The maximum Gasteiger partial charge on any atom is 0.239 e. The Hall–Kier alpha value is -2.07. The zero-order chi connectivity index (χ0) is 14.4. The van der Waals surface area contributed by atoms with Crippen LogP contribution in [0.4, 0.5) is 10.1 Å². The predicted molar refractivity (Wildman–Crippen MR) is 78.2 cm³/mol. The average molecular weight is 293 g/mol. The van der Waals surface area contributed by atoms with Crippen LogP contribution in [0.25, 0.3) is 0 Å². The average Bonchev–Trinajstić information content (AvgIpc) is 2.45. The summed E-state index contributed by atoms with van der Waals surface area (Å²) in [5, 5.41) is 6.28. The van der Waals surface area contributed by atoms with Crippen molar-refractivity contribution in [1.82, 2.24) is 5.32 Å². The predicted octanol–water partition coefficient (Wildman–Crippen LogP) is 3.21. The van der Waals surface area contributed by atoms with Gasteiger partial charge in [-0.2, -0.15) is 0 Å². The summed E-state index contributed by atoms with van der Waals surface area (Å²) in [5.74, 6) is -0.499. The maximum atomic E-state index is 12.9. The number of rotatable bonds is 5. The molecule has 20 heavy (non-hydrogen) atoms. The molecule has 0 radical (unpaired) electrons. The van der Waals surface area contributed by atoms with Crippen molar-refractivity contribution in [2.24, 2.45) is 0 Å². The van der Waals surface area contributed by atoms with E-state index >= 15 is 0 Å². The molecule has 2 N–H and O–H groups in total. The third-order valence-corrected chi connectivity index (χ3v) is 2.93. The summed E-state index contributed by atoms with van der Waals surface area (Å²) in [5.41, 5.74) is 1.54. The van der Waals surface area contributed by atoms with Crippen LogP contribution in [0.15, 0.2) is 48.5 Å². The normalized spacial score (nSPS) is 10.1. The lowest BCUT2D eigenvalue weighted by Crippen LogP contribution is -2.29. The van der Waals surface area contributed by atoms with Crippen molar-refractivity contribution >= 4 is 23.2 Å². The fourth-order valence-corrected chi connectivity index (χ4v) is 1.77. The van der Waals surface area contributed by atoms with Crippen molar-refractivity contribution in [3.8, 4) is 0 Å². The molecule has 0 atom stereocenters. The van der Waals surface area contributed by atoms with Gasteiger partial charge in [-0.05, 0) is 35.9 Å². The Kier molecular flexibility index (Phi) is 4.96. The first kappa shape index (κ1) is 14.3. The highest BCUT2D eigenvalue weighted by molar-refractivity contribution is 6.30. The molecule has 5 heteroatoms. The minimum Gasteiger partial charge on any atom is -0.376 e. The molecular weight excluding hydrogens is 279 g/mol. The smallest absolute Gasteiger partial charge is 0.239 e. The molecule has 2 aromatic carbocycles. The van der Waals surface area contributed by atoms with Gasteiger partial charge in [0.15, 0.2) is 0 Å². The molecule has 1 amide bonds. The number of anilines is 1. The summed E-state index contributed by atoms with van der Waals surface area (Å²) >= 11 is 5.78. The topological polar surface area (TPSA) is 41.1 Å². The number of halogens is 2. The van der Waals surface area contributed by atoms with Crippen LogP contribution in [0.5, 0.6) is 0 Å². The van der Waals surface area contributed by atoms with Crippen LogP contribution in [0.3, 0.4) is 0 Å². The number of benzene rings is 2. The highest BCUT2D eigenvalue weighted by atomic mass is 35.5. The lowest BCUT2D eigenvalue weighted by Gasteiger charge is -2.08. The second kappa shape index (κ2) is 6.91. The van der Waals surface area contributed by atoms with Gasteiger partial charge in [0.25, 0.3) is 0 Å². The third-order valence-electron chi connectivity index (χ3n) is 2.68. The molecule has 0 aliphatic heterocycles. The zero-order valence-electron chi connectivity index (χ0n) is 10.7. The van der Waals surface area contributed by atoms with E-state index in [-0.39, 0.29) is 18.3 Å². The Morgan fingerprint density at radius 3 is 2.60 bits per heavy atom. The van der Waals surface area contributed by atoms with E-state index in [1.165, 1.54) is 12.1 Å². The van der Waals surface area contributed by atoms with Gasteiger partial charge in [0.1, 0.15) is 5.82 Å². The Balaban J connectivity index is 1.77. The standard InChI is InChI=1S/C15H14ClFN2O/c16-12-6-4-11(5-7-12)9-19-15(20)10-18-14-3-1-2-13(17)8-14/h1-8,18H,9-10H2,(H,19,20). The van der Waals surface area contributed by atoms with Crippen LogP contribution < -0.4 is 10.6 Å². The first-order valence-electron chi connectivity index (χ1n) is 6.14. The summed E-state index contributed by atoms with van der Waals surface area (Å²) in [6.45, 7) is 0.526. The number of amides is 1. The van der Waals surface area contributed by atoms with Gasteiger partial charge >= 0.3 is 0 Å². The van der Waals surface area contributed by atoms with E-state index in [0.717, 1.165) is 5.56 Å². The number of hydrogen-bond donors (Lipinski definition) is 2. The molecule has 0 fully saturated rings. The zero-order valence-corrected chi connectivity index (χ0v) is 11.5. The SMILES string of the molecule is O=C(CNc1cccc(F)c1)NCc1ccc(Cl)cc1. The molecule has 0 bridgehead atoms. The maximum absolute atomic E-state index is 12.9. The van der Waals surface area contributed by atoms with Gasteiger partial charge in [0.05, 0.1) is 6.54 Å². The van der Waals surface area contributed by atoms with E-state index in [9.17, 15) is 9.18 Å². The molecule has 0 aliphatic rings. The van der Waals surface area contributed by atoms with Gasteiger partial charge in [-0.3, -0.25) is 4.79 Å². The van der Waals surface area contributed by atoms with Crippen molar-refractivity contribution in [3.05, 3.63) is 64.9 Å². The van der Waals surface area contributed by atoms with Crippen molar-refractivity contribution in [3.63, 3.8) is 0 Å². The quantitative estimate of drug-likeness (QED) is 0.888. The summed E-state index contributed by atoms with van der Waals surface area (Å²) in [6, 6.07) is 13.2. The van der Waals surface area contributed by atoms with Crippen molar-refractivity contribution in [2.75, 3.05) is 11.9 Å². The van der Waals surface area contributed by atoms with E-state index in [2.05, 4.69) is 10.6 Å². The molecule has 104 valence electrons. The molecule has 2 rings (SSSR count). The van der Waals surface area contributed by atoms with Gasteiger partial charge in [-0.15, -0.1) is 0 Å². The largest absolute Gasteiger partial charge is 0.376 e. The molecule has 0 spiro atoms. The van der Waals surface area contributed by atoms with Crippen LogP contribution >= 0.6 is 11.6 Å². The minimum absolute atomic E-state index is 0.0943. The Labute approximate surface area is 121 Å². The summed E-state index contributed by atoms with van der Waals surface area (Å²) in [7, 11) is 0. The summed E-state index contributed by atoms with van der Waals surface area (Å²) in [6.07, 6.45) is 0. The monoisotopic (exact) mass is 292 g/mol.